The minimum Gasteiger partial charge on any atom is -0.504 e. The van der Waals surface area contributed by atoms with Gasteiger partial charge in [0.2, 0.25) is 10.0 Å². The molecule has 0 saturated carbocycles. The highest BCUT2D eigenvalue weighted by Gasteiger charge is 2.26. The number of hydrogen-bond acceptors (Lipinski definition) is 4. The molecule has 1 aliphatic rings. The molecule has 9 heteroatoms. The molecule has 3 aromatic rings. The lowest BCUT2D eigenvalue weighted by atomic mass is 10.2. The summed E-state index contributed by atoms with van der Waals surface area (Å²) in [5.41, 5.74) is 1.26. The lowest BCUT2D eigenvalue weighted by Crippen LogP contribution is -2.35. The van der Waals surface area contributed by atoms with E-state index in [0.29, 0.717) is 40.5 Å². The van der Waals surface area contributed by atoms with Gasteiger partial charge in [-0.2, -0.15) is 4.31 Å². The summed E-state index contributed by atoms with van der Waals surface area (Å²) >= 11 is 12.1. The number of hydrogen-bond donors (Lipinski definition) is 2. The number of H-pyrrole nitrogens is 1. The Kier molecular flexibility index (Phi) is 4.80. The summed E-state index contributed by atoms with van der Waals surface area (Å²) < 4.78 is 27.3. The van der Waals surface area contributed by atoms with Crippen LogP contribution in [0.15, 0.2) is 35.2 Å². The number of benzene rings is 2. The van der Waals surface area contributed by atoms with Gasteiger partial charge in [-0.25, -0.2) is 13.4 Å². The minimum atomic E-state index is -3.55. The van der Waals surface area contributed by atoms with Crippen LogP contribution in [0.1, 0.15) is 19.3 Å². The van der Waals surface area contributed by atoms with Gasteiger partial charge in [-0.1, -0.05) is 41.8 Å². The van der Waals surface area contributed by atoms with Crippen molar-refractivity contribution in [1.29, 1.82) is 0 Å². The quantitative estimate of drug-likeness (QED) is 0.650. The van der Waals surface area contributed by atoms with Gasteiger partial charge in [0.1, 0.15) is 16.9 Å². The summed E-state index contributed by atoms with van der Waals surface area (Å²) in [6, 6.07) is 8.00. The van der Waals surface area contributed by atoms with Crippen LogP contribution < -0.4 is 0 Å². The summed E-state index contributed by atoms with van der Waals surface area (Å²) in [7, 11) is -3.55. The van der Waals surface area contributed by atoms with Gasteiger partial charge < -0.3 is 10.1 Å². The Labute approximate surface area is 166 Å². The maximum atomic E-state index is 12.9. The van der Waals surface area contributed by atoms with Crippen molar-refractivity contribution in [3.63, 3.8) is 0 Å². The summed E-state index contributed by atoms with van der Waals surface area (Å²) in [6.45, 7) is 1.08. The van der Waals surface area contributed by atoms with Crippen LogP contribution in [0, 0.1) is 0 Å². The van der Waals surface area contributed by atoms with Crippen LogP contribution in [0.5, 0.6) is 5.75 Å². The molecule has 2 aromatic carbocycles. The van der Waals surface area contributed by atoms with Gasteiger partial charge in [0.25, 0.3) is 0 Å². The van der Waals surface area contributed by atoms with E-state index in [4.69, 9.17) is 23.2 Å². The molecule has 2 N–H and O–H groups in total. The van der Waals surface area contributed by atoms with E-state index >= 15 is 0 Å². The third-order valence-electron chi connectivity index (χ3n) is 4.71. The molecule has 0 aliphatic carbocycles. The van der Waals surface area contributed by atoms with Crippen LogP contribution in [-0.4, -0.2) is 40.9 Å². The molecular weight excluding hydrogens is 409 g/mol. The first-order valence-electron chi connectivity index (χ1n) is 8.55. The van der Waals surface area contributed by atoms with Crippen molar-refractivity contribution >= 4 is 44.3 Å². The maximum Gasteiger partial charge on any atom is 0.243 e. The van der Waals surface area contributed by atoms with Crippen LogP contribution in [0.25, 0.3) is 22.4 Å². The Hall–Kier alpha value is -1.80. The fraction of sp³-hybridized carbons (Fsp3) is 0.278. The van der Waals surface area contributed by atoms with E-state index in [2.05, 4.69) is 9.97 Å². The zero-order chi connectivity index (χ0) is 19.2. The molecule has 0 unspecified atom stereocenters. The molecule has 1 fully saturated rings. The van der Waals surface area contributed by atoms with Gasteiger partial charge >= 0.3 is 0 Å². The van der Waals surface area contributed by atoms with Crippen molar-refractivity contribution < 1.29 is 13.5 Å². The molecular formula is C18H17Cl2N3O3S. The number of phenolic OH excluding ortho intramolecular Hbond substituents is 1. The highest BCUT2D eigenvalue weighted by molar-refractivity contribution is 7.89. The number of aromatic nitrogens is 2. The number of halogens is 2. The zero-order valence-electron chi connectivity index (χ0n) is 14.2. The number of fused-ring (bicyclic) bond motifs is 1. The number of aromatic amines is 1. The van der Waals surface area contributed by atoms with Crippen molar-refractivity contribution in [2.45, 2.75) is 24.2 Å². The lowest BCUT2D eigenvalue weighted by Gasteiger charge is -2.25. The van der Waals surface area contributed by atoms with Crippen LogP contribution in [0.4, 0.5) is 0 Å². The Morgan fingerprint density at radius 3 is 2.56 bits per heavy atom. The molecule has 1 saturated heterocycles. The number of piperidine rings is 1. The van der Waals surface area contributed by atoms with E-state index in [0.717, 1.165) is 19.3 Å². The summed E-state index contributed by atoms with van der Waals surface area (Å²) in [5, 5.41) is 10.5. The largest absolute Gasteiger partial charge is 0.504 e. The smallest absolute Gasteiger partial charge is 0.243 e. The van der Waals surface area contributed by atoms with Gasteiger partial charge in [-0.05, 0) is 31.0 Å². The van der Waals surface area contributed by atoms with E-state index in [-0.39, 0.29) is 15.7 Å². The van der Waals surface area contributed by atoms with Crippen LogP contribution in [0.3, 0.4) is 0 Å². The maximum absolute atomic E-state index is 12.9. The predicted molar refractivity (Wildman–Crippen MR) is 106 cm³/mol. The zero-order valence-corrected chi connectivity index (χ0v) is 16.6. The summed E-state index contributed by atoms with van der Waals surface area (Å²) in [6.07, 6.45) is 2.81. The standard InChI is InChI=1S/C18H17Cl2N3O3S/c19-13-10-14(20)17(24)16-15(13)21-18(22-16)11-5-4-6-12(9-11)27(25,26)23-7-2-1-3-8-23/h4-6,9-10,24H,1-3,7-8H2,(H,21,22). The molecule has 0 bridgehead atoms. The van der Waals surface area contributed by atoms with E-state index in [9.17, 15) is 13.5 Å². The highest BCUT2D eigenvalue weighted by Crippen LogP contribution is 2.37. The van der Waals surface area contributed by atoms with Gasteiger partial charge in [-0.15, -0.1) is 0 Å². The monoisotopic (exact) mass is 425 g/mol. The molecule has 0 radical (unpaired) electrons. The second-order valence-electron chi connectivity index (χ2n) is 6.49. The average Bonchev–Trinajstić information content (AvgIpc) is 3.13. The summed E-state index contributed by atoms with van der Waals surface area (Å²) in [5.74, 6) is 0.257. The molecule has 142 valence electrons. The van der Waals surface area contributed by atoms with Gasteiger partial charge in [0, 0.05) is 18.7 Å². The highest BCUT2D eigenvalue weighted by atomic mass is 35.5. The van der Waals surface area contributed by atoms with Gasteiger partial charge in [0.05, 0.1) is 14.9 Å². The molecule has 2 heterocycles. The predicted octanol–water partition coefficient (Wildman–Crippen LogP) is 4.42. The first kappa shape index (κ1) is 18.6. The normalized spacial score (nSPS) is 16.1. The number of nitrogens with one attached hydrogen (secondary N) is 1. The van der Waals surface area contributed by atoms with E-state index in [1.165, 1.54) is 10.4 Å². The average molecular weight is 426 g/mol. The van der Waals surface area contributed by atoms with E-state index < -0.39 is 10.0 Å². The molecule has 6 nitrogen and oxygen atoms in total. The van der Waals surface area contributed by atoms with Crippen molar-refractivity contribution in [2.75, 3.05) is 13.1 Å². The molecule has 1 aromatic heterocycles. The van der Waals surface area contributed by atoms with Crippen molar-refractivity contribution in [1.82, 2.24) is 14.3 Å². The molecule has 0 amide bonds. The molecule has 27 heavy (non-hydrogen) atoms. The topological polar surface area (TPSA) is 86.3 Å². The van der Waals surface area contributed by atoms with E-state index in [1.807, 2.05) is 0 Å². The van der Waals surface area contributed by atoms with E-state index in [1.54, 1.807) is 24.3 Å². The van der Waals surface area contributed by atoms with Gasteiger partial charge in [-0.3, -0.25) is 0 Å². The third-order valence-corrected chi connectivity index (χ3v) is 7.18. The Balaban J connectivity index is 1.78. The third kappa shape index (κ3) is 3.29. The number of rotatable bonds is 3. The minimum absolute atomic E-state index is 0.115. The molecule has 0 atom stereocenters. The van der Waals surface area contributed by atoms with Crippen LogP contribution in [-0.2, 0) is 10.0 Å². The van der Waals surface area contributed by atoms with Crippen molar-refractivity contribution in [3.05, 3.63) is 40.4 Å². The number of imidazole rings is 1. The number of phenols is 1. The Bertz CT molecular complexity index is 1120. The summed E-state index contributed by atoms with van der Waals surface area (Å²) in [4.78, 5) is 7.61. The fourth-order valence-electron chi connectivity index (χ4n) is 3.28. The number of nitrogens with zero attached hydrogens (tertiary/aromatic N) is 2. The second kappa shape index (κ2) is 6.98. The molecule has 0 spiro atoms. The molecule has 4 rings (SSSR count). The fourth-order valence-corrected chi connectivity index (χ4v) is 5.35. The first-order chi connectivity index (χ1) is 12.9. The van der Waals surface area contributed by atoms with Crippen LogP contribution in [0.2, 0.25) is 10.0 Å². The Morgan fingerprint density at radius 2 is 1.81 bits per heavy atom. The van der Waals surface area contributed by atoms with Crippen molar-refractivity contribution in [3.8, 4) is 17.1 Å². The number of sulfonamides is 1. The first-order valence-corrected chi connectivity index (χ1v) is 10.7. The van der Waals surface area contributed by atoms with Crippen LogP contribution >= 0.6 is 23.2 Å². The SMILES string of the molecule is O=S(=O)(c1cccc(-c2nc3c(Cl)cc(Cl)c(O)c3[nH]2)c1)N1CCCCC1. The Morgan fingerprint density at radius 1 is 1.07 bits per heavy atom. The number of aromatic hydroxyl groups is 1. The van der Waals surface area contributed by atoms with Crippen molar-refractivity contribution in [2.24, 2.45) is 0 Å². The van der Waals surface area contributed by atoms with Gasteiger partial charge in [0.15, 0.2) is 5.75 Å². The molecule has 1 aliphatic heterocycles. The lowest BCUT2D eigenvalue weighted by molar-refractivity contribution is 0.346. The second-order valence-corrected chi connectivity index (χ2v) is 9.24.